The number of benzene rings is 2. The van der Waals surface area contributed by atoms with Gasteiger partial charge in [0.1, 0.15) is 5.82 Å². The molecular formula is C28H32FN5O3. The van der Waals surface area contributed by atoms with Crippen LogP contribution in [0, 0.1) is 11.7 Å². The Kier molecular flexibility index (Phi) is 6.95. The first kappa shape index (κ1) is 24.9. The molecule has 37 heavy (non-hydrogen) atoms. The third-order valence-electron chi connectivity index (χ3n) is 7.13. The van der Waals surface area contributed by atoms with Crippen LogP contribution in [0.5, 0.6) is 0 Å². The summed E-state index contributed by atoms with van der Waals surface area (Å²) in [4.78, 5) is 40.2. The highest BCUT2D eigenvalue weighted by molar-refractivity contribution is 5.98. The number of fused-ring (bicyclic) bond motifs is 3. The topological polar surface area (TPSA) is 90.4 Å². The van der Waals surface area contributed by atoms with Gasteiger partial charge in [-0.25, -0.2) is 18.3 Å². The predicted octanol–water partition coefficient (Wildman–Crippen LogP) is 4.11. The minimum atomic E-state index is -0.451. The minimum Gasteiger partial charge on any atom is -0.349 e. The van der Waals surface area contributed by atoms with Crippen molar-refractivity contribution in [1.82, 2.24) is 24.1 Å². The van der Waals surface area contributed by atoms with Crippen LogP contribution < -0.4 is 16.6 Å². The number of halogens is 1. The summed E-state index contributed by atoms with van der Waals surface area (Å²) in [6.07, 6.45) is 6.02. The van der Waals surface area contributed by atoms with Crippen LogP contribution in [0.15, 0.2) is 52.1 Å². The maximum Gasteiger partial charge on any atom is 0.352 e. The number of carbonyl (C=O) groups is 1. The number of nitrogens with one attached hydrogen (secondary N) is 1. The largest absolute Gasteiger partial charge is 0.352 e. The number of hydrogen-bond donors (Lipinski definition) is 1. The first-order chi connectivity index (χ1) is 17.8. The monoisotopic (exact) mass is 505 g/mol. The molecule has 0 unspecified atom stereocenters. The molecule has 0 bridgehead atoms. The van der Waals surface area contributed by atoms with Crippen LogP contribution in [0.2, 0.25) is 0 Å². The Balaban J connectivity index is 1.64. The quantitative estimate of drug-likeness (QED) is 0.409. The van der Waals surface area contributed by atoms with Crippen LogP contribution in [-0.4, -0.2) is 30.7 Å². The molecule has 1 fully saturated rings. The molecule has 0 atom stereocenters. The van der Waals surface area contributed by atoms with E-state index in [0.29, 0.717) is 34.5 Å². The lowest BCUT2D eigenvalue weighted by molar-refractivity contribution is 0.0928. The summed E-state index contributed by atoms with van der Waals surface area (Å²) in [7, 11) is 0. The molecule has 2 aromatic carbocycles. The fourth-order valence-corrected chi connectivity index (χ4v) is 5.07. The van der Waals surface area contributed by atoms with E-state index in [0.717, 1.165) is 32.1 Å². The van der Waals surface area contributed by atoms with Gasteiger partial charge in [0.15, 0.2) is 0 Å². The van der Waals surface area contributed by atoms with Crippen LogP contribution in [0.3, 0.4) is 0 Å². The molecule has 5 rings (SSSR count). The third kappa shape index (κ3) is 5.08. The number of hydrogen-bond acceptors (Lipinski definition) is 4. The molecule has 9 heteroatoms. The summed E-state index contributed by atoms with van der Waals surface area (Å²) in [5.41, 5.74) is 0.604. The van der Waals surface area contributed by atoms with Gasteiger partial charge in [0.2, 0.25) is 5.78 Å². The van der Waals surface area contributed by atoms with Crippen LogP contribution in [0.4, 0.5) is 4.39 Å². The SMILES string of the molecule is CC(C)CCn1c(=O)c2ccc(C(=O)NC3CCCCC3)cc2n2c(=O)n(Cc3cccc(F)c3)nc12. The third-order valence-corrected chi connectivity index (χ3v) is 7.13. The normalized spacial score (nSPS) is 14.6. The Morgan fingerprint density at radius 2 is 1.89 bits per heavy atom. The van der Waals surface area contributed by atoms with E-state index in [-0.39, 0.29) is 29.8 Å². The van der Waals surface area contributed by atoms with Gasteiger partial charge in [-0.15, -0.1) is 5.10 Å². The number of carbonyl (C=O) groups excluding carboxylic acids is 1. The second kappa shape index (κ2) is 10.3. The van der Waals surface area contributed by atoms with Crippen molar-refractivity contribution >= 4 is 22.6 Å². The lowest BCUT2D eigenvalue weighted by atomic mass is 9.95. The second-order valence-corrected chi connectivity index (χ2v) is 10.4. The first-order valence-corrected chi connectivity index (χ1v) is 13.0. The van der Waals surface area contributed by atoms with E-state index >= 15 is 0 Å². The highest BCUT2D eigenvalue weighted by Crippen LogP contribution is 2.19. The van der Waals surface area contributed by atoms with Gasteiger partial charge >= 0.3 is 5.69 Å². The molecule has 1 saturated carbocycles. The average Bonchev–Trinajstić information content (AvgIpc) is 3.19. The van der Waals surface area contributed by atoms with Gasteiger partial charge in [0.25, 0.3) is 11.5 Å². The maximum atomic E-state index is 13.8. The number of amides is 1. The number of rotatable bonds is 7. The van der Waals surface area contributed by atoms with Gasteiger partial charge in [-0.2, -0.15) is 0 Å². The molecule has 2 heterocycles. The van der Waals surface area contributed by atoms with Gasteiger partial charge in [-0.3, -0.25) is 14.2 Å². The molecule has 1 aliphatic rings. The molecular weight excluding hydrogens is 473 g/mol. The molecule has 8 nitrogen and oxygen atoms in total. The lowest BCUT2D eigenvalue weighted by Gasteiger charge is -2.22. The highest BCUT2D eigenvalue weighted by Gasteiger charge is 2.21. The summed E-state index contributed by atoms with van der Waals surface area (Å²) in [6.45, 7) is 4.58. The minimum absolute atomic E-state index is 0.0556. The molecule has 0 spiro atoms. The molecule has 4 aromatic rings. The Morgan fingerprint density at radius 3 is 2.62 bits per heavy atom. The van der Waals surface area contributed by atoms with E-state index in [1.807, 2.05) is 0 Å². The van der Waals surface area contributed by atoms with Crippen LogP contribution in [0.1, 0.15) is 68.3 Å². The number of aryl methyl sites for hydroxylation is 1. The highest BCUT2D eigenvalue weighted by atomic mass is 19.1. The Labute approximate surface area is 213 Å². The van der Waals surface area contributed by atoms with Crippen molar-refractivity contribution in [1.29, 1.82) is 0 Å². The standard InChI is InChI=1S/C28H32FN5O3/c1-18(2)13-14-32-26(36)23-12-11-20(25(35)30-22-9-4-3-5-10-22)16-24(23)34-27(32)31-33(28(34)37)17-19-7-6-8-21(29)15-19/h6-8,11-12,15-16,18,22H,3-5,9-10,13-14,17H2,1-2H3,(H,30,35). The first-order valence-electron chi connectivity index (χ1n) is 13.0. The van der Waals surface area contributed by atoms with E-state index < -0.39 is 11.5 Å². The molecule has 1 amide bonds. The number of aromatic nitrogens is 4. The van der Waals surface area contributed by atoms with Crippen LogP contribution >= 0.6 is 0 Å². The molecule has 0 saturated heterocycles. The van der Waals surface area contributed by atoms with Crippen molar-refractivity contribution in [2.45, 2.75) is 71.5 Å². The van der Waals surface area contributed by atoms with E-state index in [4.69, 9.17) is 0 Å². The number of nitrogens with zero attached hydrogens (tertiary/aromatic N) is 4. The summed E-state index contributed by atoms with van der Waals surface area (Å²) < 4.78 is 17.9. The van der Waals surface area contributed by atoms with Crippen molar-refractivity contribution in [3.8, 4) is 0 Å². The summed E-state index contributed by atoms with van der Waals surface area (Å²) in [5.74, 6) is -0.0626. The van der Waals surface area contributed by atoms with Gasteiger partial charge in [-0.1, -0.05) is 45.2 Å². The summed E-state index contributed by atoms with van der Waals surface area (Å²) in [5, 5.41) is 7.94. The van der Waals surface area contributed by atoms with Crippen molar-refractivity contribution in [2.24, 2.45) is 5.92 Å². The molecule has 0 aliphatic heterocycles. The molecule has 2 aromatic heterocycles. The lowest BCUT2D eigenvalue weighted by Crippen LogP contribution is -2.36. The Morgan fingerprint density at radius 1 is 1.11 bits per heavy atom. The zero-order valence-electron chi connectivity index (χ0n) is 21.2. The average molecular weight is 506 g/mol. The summed E-state index contributed by atoms with van der Waals surface area (Å²) in [6, 6.07) is 11.0. The maximum absolute atomic E-state index is 13.8. The zero-order valence-corrected chi connectivity index (χ0v) is 21.2. The zero-order chi connectivity index (χ0) is 26.1. The predicted molar refractivity (Wildman–Crippen MR) is 141 cm³/mol. The van der Waals surface area contributed by atoms with Gasteiger partial charge in [0.05, 0.1) is 17.4 Å². The van der Waals surface area contributed by atoms with Crippen LogP contribution in [-0.2, 0) is 13.1 Å². The van der Waals surface area contributed by atoms with Crippen molar-refractivity contribution in [3.05, 3.63) is 80.2 Å². The Hall–Kier alpha value is -3.75. The fourth-order valence-electron chi connectivity index (χ4n) is 5.07. The molecule has 1 aliphatic carbocycles. The van der Waals surface area contributed by atoms with E-state index in [1.165, 1.54) is 32.2 Å². The van der Waals surface area contributed by atoms with E-state index in [1.54, 1.807) is 30.3 Å². The summed E-state index contributed by atoms with van der Waals surface area (Å²) >= 11 is 0. The van der Waals surface area contributed by atoms with E-state index in [9.17, 15) is 18.8 Å². The fraction of sp³-hybridized carbons (Fsp3) is 0.429. The van der Waals surface area contributed by atoms with Gasteiger partial charge < -0.3 is 5.32 Å². The Bertz CT molecular complexity index is 1580. The van der Waals surface area contributed by atoms with Gasteiger partial charge in [0, 0.05) is 18.2 Å². The van der Waals surface area contributed by atoms with Crippen molar-refractivity contribution in [2.75, 3.05) is 0 Å². The smallest absolute Gasteiger partial charge is 0.349 e. The second-order valence-electron chi connectivity index (χ2n) is 10.4. The van der Waals surface area contributed by atoms with Gasteiger partial charge in [-0.05, 0) is 61.1 Å². The molecule has 1 N–H and O–H groups in total. The molecule has 0 radical (unpaired) electrons. The molecule has 194 valence electrons. The van der Waals surface area contributed by atoms with E-state index in [2.05, 4.69) is 24.3 Å². The van der Waals surface area contributed by atoms with Crippen LogP contribution in [0.25, 0.3) is 16.7 Å². The van der Waals surface area contributed by atoms with Crippen molar-refractivity contribution in [3.63, 3.8) is 0 Å². The van der Waals surface area contributed by atoms with Crippen molar-refractivity contribution < 1.29 is 9.18 Å².